The van der Waals surface area contributed by atoms with Crippen LogP contribution in [0.5, 0.6) is 0 Å². The quantitative estimate of drug-likeness (QED) is 0.918. The standard InChI is InChI=1S/C16H20N4O/c1-2-19-8-7-18-15(16(19)21)20-11-13-6-4-3-5-12(13)9-14(20)10-17/h3-8,14H,2,9-11,17H2,1H3. The second-order valence-corrected chi connectivity index (χ2v) is 5.33. The molecular weight excluding hydrogens is 264 g/mol. The van der Waals surface area contributed by atoms with Gasteiger partial charge in [-0.25, -0.2) is 4.98 Å². The molecule has 0 saturated heterocycles. The molecule has 5 heteroatoms. The van der Waals surface area contributed by atoms with E-state index >= 15 is 0 Å². The van der Waals surface area contributed by atoms with Gasteiger partial charge in [-0.05, 0) is 24.5 Å². The fourth-order valence-electron chi connectivity index (χ4n) is 2.93. The van der Waals surface area contributed by atoms with Crippen LogP contribution in [0.3, 0.4) is 0 Å². The van der Waals surface area contributed by atoms with Crippen LogP contribution in [0.4, 0.5) is 5.82 Å². The van der Waals surface area contributed by atoms with Crippen molar-refractivity contribution in [2.24, 2.45) is 5.73 Å². The number of aromatic nitrogens is 2. The highest BCUT2D eigenvalue weighted by Gasteiger charge is 2.27. The van der Waals surface area contributed by atoms with Crippen LogP contribution in [-0.2, 0) is 19.5 Å². The summed E-state index contributed by atoms with van der Waals surface area (Å²) in [5.74, 6) is 0.504. The lowest BCUT2D eigenvalue weighted by Gasteiger charge is -2.36. The molecule has 1 aliphatic heterocycles. The van der Waals surface area contributed by atoms with Crippen molar-refractivity contribution in [1.29, 1.82) is 0 Å². The van der Waals surface area contributed by atoms with E-state index in [0.29, 0.717) is 25.5 Å². The van der Waals surface area contributed by atoms with E-state index in [1.54, 1.807) is 17.0 Å². The van der Waals surface area contributed by atoms with Crippen molar-refractivity contribution in [1.82, 2.24) is 9.55 Å². The minimum Gasteiger partial charge on any atom is -0.343 e. The second-order valence-electron chi connectivity index (χ2n) is 5.33. The van der Waals surface area contributed by atoms with Gasteiger partial charge in [-0.3, -0.25) is 4.79 Å². The van der Waals surface area contributed by atoms with Crippen LogP contribution in [0.1, 0.15) is 18.1 Å². The highest BCUT2D eigenvalue weighted by atomic mass is 16.1. The maximum Gasteiger partial charge on any atom is 0.293 e. The van der Waals surface area contributed by atoms with Crippen molar-refractivity contribution in [3.63, 3.8) is 0 Å². The Balaban J connectivity index is 2.04. The summed E-state index contributed by atoms with van der Waals surface area (Å²) >= 11 is 0. The first-order valence-corrected chi connectivity index (χ1v) is 7.33. The average molecular weight is 284 g/mol. The molecule has 3 rings (SSSR count). The van der Waals surface area contributed by atoms with Gasteiger partial charge in [0.05, 0.1) is 0 Å². The van der Waals surface area contributed by atoms with Gasteiger partial charge in [-0.15, -0.1) is 0 Å². The summed E-state index contributed by atoms with van der Waals surface area (Å²) in [5, 5.41) is 0. The summed E-state index contributed by atoms with van der Waals surface area (Å²) < 4.78 is 1.68. The molecule has 0 bridgehead atoms. The zero-order valence-electron chi connectivity index (χ0n) is 12.2. The normalized spacial score (nSPS) is 17.6. The van der Waals surface area contributed by atoms with E-state index in [0.717, 1.165) is 6.42 Å². The maximum atomic E-state index is 12.5. The van der Waals surface area contributed by atoms with E-state index < -0.39 is 0 Å². The van der Waals surface area contributed by atoms with E-state index in [1.807, 2.05) is 19.1 Å². The molecule has 1 unspecified atom stereocenters. The third-order valence-corrected chi connectivity index (χ3v) is 4.14. The first-order valence-electron chi connectivity index (χ1n) is 7.33. The summed E-state index contributed by atoms with van der Waals surface area (Å²) in [6.45, 7) is 3.80. The third kappa shape index (κ3) is 2.45. The summed E-state index contributed by atoms with van der Waals surface area (Å²) in [5.41, 5.74) is 8.45. The van der Waals surface area contributed by atoms with E-state index in [1.165, 1.54) is 11.1 Å². The zero-order valence-corrected chi connectivity index (χ0v) is 12.2. The van der Waals surface area contributed by atoms with Crippen LogP contribution >= 0.6 is 0 Å². The molecule has 0 fully saturated rings. The van der Waals surface area contributed by atoms with Crippen molar-refractivity contribution in [3.8, 4) is 0 Å². The fraction of sp³-hybridized carbons (Fsp3) is 0.375. The molecule has 2 N–H and O–H groups in total. The summed E-state index contributed by atoms with van der Waals surface area (Å²) in [4.78, 5) is 18.9. The number of nitrogens with two attached hydrogens (primary N) is 1. The van der Waals surface area contributed by atoms with Gasteiger partial charge in [0.15, 0.2) is 5.82 Å². The molecule has 21 heavy (non-hydrogen) atoms. The third-order valence-electron chi connectivity index (χ3n) is 4.14. The Bertz CT molecular complexity index is 695. The number of hydrogen-bond donors (Lipinski definition) is 1. The lowest BCUT2D eigenvalue weighted by molar-refractivity contribution is 0.548. The van der Waals surface area contributed by atoms with Gasteiger partial charge in [0.2, 0.25) is 0 Å². The van der Waals surface area contributed by atoms with Gasteiger partial charge in [0, 0.05) is 38.1 Å². The number of hydrogen-bond acceptors (Lipinski definition) is 4. The lowest BCUT2D eigenvalue weighted by atomic mass is 9.94. The second kappa shape index (κ2) is 5.69. The van der Waals surface area contributed by atoms with Crippen LogP contribution < -0.4 is 16.2 Å². The molecule has 0 radical (unpaired) electrons. The van der Waals surface area contributed by atoms with E-state index in [4.69, 9.17) is 5.73 Å². The molecular formula is C16H20N4O. The maximum absolute atomic E-state index is 12.5. The van der Waals surface area contributed by atoms with E-state index in [9.17, 15) is 4.79 Å². The Hall–Kier alpha value is -2.14. The molecule has 1 aromatic carbocycles. The van der Waals surface area contributed by atoms with Crippen molar-refractivity contribution in [2.45, 2.75) is 32.5 Å². The molecule has 2 aromatic rings. The number of fused-ring (bicyclic) bond motifs is 1. The highest BCUT2D eigenvalue weighted by Crippen LogP contribution is 2.25. The number of aryl methyl sites for hydroxylation is 1. The van der Waals surface area contributed by atoms with Crippen molar-refractivity contribution in [3.05, 3.63) is 58.1 Å². The number of nitrogens with zero attached hydrogens (tertiary/aromatic N) is 3. The van der Waals surface area contributed by atoms with Gasteiger partial charge < -0.3 is 15.2 Å². The number of anilines is 1. The van der Waals surface area contributed by atoms with E-state index in [2.05, 4.69) is 22.0 Å². The Kier molecular flexibility index (Phi) is 3.75. The van der Waals surface area contributed by atoms with Gasteiger partial charge in [0.1, 0.15) is 0 Å². The largest absolute Gasteiger partial charge is 0.343 e. The predicted octanol–water partition coefficient (Wildman–Crippen LogP) is 1.15. The monoisotopic (exact) mass is 284 g/mol. The minimum absolute atomic E-state index is 0.0437. The molecule has 0 spiro atoms. The van der Waals surface area contributed by atoms with Crippen molar-refractivity contribution < 1.29 is 0 Å². The lowest BCUT2D eigenvalue weighted by Crippen LogP contribution is -2.48. The topological polar surface area (TPSA) is 64.2 Å². The van der Waals surface area contributed by atoms with Crippen LogP contribution in [0.25, 0.3) is 0 Å². The van der Waals surface area contributed by atoms with Gasteiger partial charge in [0.25, 0.3) is 5.56 Å². The first kappa shape index (κ1) is 13.8. The Labute approximate surface area is 124 Å². The van der Waals surface area contributed by atoms with Crippen LogP contribution in [0.2, 0.25) is 0 Å². The molecule has 1 aromatic heterocycles. The summed E-state index contributed by atoms with van der Waals surface area (Å²) in [6, 6.07) is 8.44. The predicted molar refractivity (Wildman–Crippen MR) is 83.3 cm³/mol. The molecule has 1 atom stereocenters. The molecule has 0 aliphatic carbocycles. The number of benzene rings is 1. The Morgan fingerprint density at radius 3 is 2.81 bits per heavy atom. The SMILES string of the molecule is CCn1ccnc(N2Cc3ccccc3CC2CN)c1=O. The smallest absolute Gasteiger partial charge is 0.293 e. The first-order chi connectivity index (χ1) is 10.2. The molecule has 0 amide bonds. The van der Waals surface area contributed by atoms with E-state index in [-0.39, 0.29) is 11.6 Å². The van der Waals surface area contributed by atoms with Gasteiger partial charge in [-0.1, -0.05) is 24.3 Å². The highest BCUT2D eigenvalue weighted by molar-refractivity contribution is 5.44. The van der Waals surface area contributed by atoms with Crippen LogP contribution in [-0.4, -0.2) is 22.1 Å². The van der Waals surface area contributed by atoms with Crippen molar-refractivity contribution >= 4 is 5.82 Å². The fourth-order valence-corrected chi connectivity index (χ4v) is 2.93. The Morgan fingerprint density at radius 1 is 1.33 bits per heavy atom. The molecule has 0 saturated carbocycles. The molecule has 2 heterocycles. The Morgan fingerprint density at radius 2 is 2.10 bits per heavy atom. The summed E-state index contributed by atoms with van der Waals surface area (Å²) in [7, 11) is 0. The minimum atomic E-state index is -0.0437. The molecule has 5 nitrogen and oxygen atoms in total. The average Bonchev–Trinajstić information content (AvgIpc) is 2.54. The van der Waals surface area contributed by atoms with Crippen molar-refractivity contribution in [2.75, 3.05) is 11.4 Å². The molecule has 110 valence electrons. The molecule has 1 aliphatic rings. The van der Waals surface area contributed by atoms with Crippen LogP contribution in [0, 0.1) is 0 Å². The summed E-state index contributed by atoms with van der Waals surface area (Å²) in [6.07, 6.45) is 4.27. The van der Waals surface area contributed by atoms with Gasteiger partial charge in [-0.2, -0.15) is 0 Å². The van der Waals surface area contributed by atoms with Gasteiger partial charge >= 0.3 is 0 Å². The number of rotatable bonds is 3. The van der Waals surface area contributed by atoms with Crippen LogP contribution in [0.15, 0.2) is 41.5 Å². The zero-order chi connectivity index (χ0) is 14.8.